The number of benzene rings is 2. The maximum Gasteiger partial charge on any atom is 0.255 e. The van der Waals surface area contributed by atoms with Gasteiger partial charge in [-0.3, -0.25) is 9.59 Å². The van der Waals surface area contributed by atoms with E-state index in [4.69, 9.17) is 4.74 Å². The number of nitrogens with zero attached hydrogens (tertiary/aromatic N) is 1. The molecule has 1 atom stereocenters. The number of fused-ring (bicyclic) bond motifs is 1. The second-order valence-electron chi connectivity index (χ2n) is 6.52. The Kier molecular flexibility index (Phi) is 5.25. The number of carbonyl (C=O) groups is 2. The fraction of sp³-hybridized carbons (Fsp3) is 0.238. The highest BCUT2D eigenvalue weighted by atomic mass is 32.2. The van der Waals surface area contributed by atoms with Crippen LogP contribution in [0.5, 0.6) is 5.75 Å². The van der Waals surface area contributed by atoms with Gasteiger partial charge in [-0.25, -0.2) is 0 Å². The van der Waals surface area contributed by atoms with Gasteiger partial charge < -0.3 is 19.9 Å². The van der Waals surface area contributed by atoms with E-state index in [1.54, 1.807) is 40.9 Å². The summed E-state index contributed by atoms with van der Waals surface area (Å²) in [5, 5.41) is 3.98. The molecule has 1 saturated heterocycles. The number of ether oxygens (including phenoxy) is 1. The number of carbonyl (C=O) groups excluding carboxylic acids is 2. The van der Waals surface area contributed by atoms with E-state index >= 15 is 0 Å². The summed E-state index contributed by atoms with van der Waals surface area (Å²) >= 11 is 1.58. The number of rotatable bonds is 5. The first kappa shape index (κ1) is 18.4. The van der Waals surface area contributed by atoms with E-state index in [9.17, 15) is 9.59 Å². The Hall–Kier alpha value is -2.93. The number of nitrogens with one attached hydrogen (secondary N) is 2. The summed E-state index contributed by atoms with van der Waals surface area (Å²) in [6, 6.07) is 14.2. The van der Waals surface area contributed by atoms with Gasteiger partial charge in [-0.1, -0.05) is 0 Å². The summed E-state index contributed by atoms with van der Waals surface area (Å²) < 4.78 is 5.42. The molecule has 6 nitrogen and oxygen atoms in total. The van der Waals surface area contributed by atoms with Crippen LogP contribution in [0, 0.1) is 0 Å². The van der Waals surface area contributed by atoms with Crippen LogP contribution in [-0.2, 0) is 4.79 Å². The molecule has 0 saturated carbocycles. The molecule has 7 heteroatoms. The average Bonchev–Trinajstić information content (AvgIpc) is 3.37. The monoisotopic (exact) mass is 395 g/mol. The largest absolute Gasteiger partial charge is 0.494 e. The normalized spacial score (nSPS) is 16.3. The van der Waals surface area contributed by atoms with Crippen LogP contribution in [0.15, 0.2) is 54.7 Å². The summed E-state index contributed by atoms with van der Waals surface area (Å²) in [5.41, 5.74) is 2.29. The van der Waals surface area contributed by atoms with Gasteiger partial charge in [0.15, 0.2) is 0 Å². The van der Waals surface area contributed by atoms with Crippen LogP contribution in [0.3, 0.4) is 0 Å². The number of amides is 2. The molecule has 1 aliphatic rings. The average molecular weight is 395 g/mol. The molecule has 1 aromatic heterocycles. The van der Waals surface area contributed by atoms with Crippen molar-refractivity contribution in [2.75, 3.05) is 23.6 Å². The molecule has 0 unspecified atom stereocenters. The van der Waals surface area contributed by atoms with Gasteiger partial charge in [0, 0.05) is 34.1 Å². The first-order valence-electron chi connectivity index (χ1n) is 9.15. The number of hydrogen-bond acceptors (Lipinski definition) is 4. The first-order valence-corrected chi connectivity index (χ1v) is 10.3. The third-order valence-corrected chi connectivity index (χ3v) is 5.69. The molecule has 2 amide bonds. The second kappa shape index (κ2) is 7.98. The zero-order valence-corrected chi connectivity index (χ0v) is 16.3. The Balaban J connectivity index is 1.47. The molecule has 0 aliphatic carbocycles. The third-order valence-electron chi connectivity index (χ3n) is 4.68. The minimum absolute atomic E-state index is 0.144. The summed E-state index contributed by atoms with van der Waals surface area (Å²) in [6.07, 6.45) is 1.86. The maximum atomic E-state index is 12.9. The van der Waals surface area contributed by atoms with E-state index in [1.165, 1.54) is 0 Å². The number of aromatic nitrogens is 1. The Labute approximate surface area is 167 Å². The van der Waals surface area contributed by atoms with Gasteiger partial charge in [0.2, 0.25) is 5.91 Å². The van der Waals surface area contributed by atoms with E-state index in [2.05, 4.69) is 10.3 Å². The molecule has 28 heavy (non-hydrogen) atoms. The van der Waals surface area contributed by atoms with Crippen molar-refractivity contribution in [1.82, 2.24) is 9.88 Å². The van der Waals surface area contributed by atoms with Gasteiger partial charge in [-0.05, 0) is 55.5 Å². The van der Waals surface area contributed by atoms with Crippen LogP contribution >= 0.6 is 11.8 Å². The minimum Gasteiger partial charge on any atom is -0.494 e. The fourth-order valence-electron chi connectivity index (χ4n) is 3.24. The smallest absolute Gasteiger partial charge is 0.255 e. The van der Waals surface area contributed by atoms with Crippen LogP contribution in [0.2, 0.25) is 0 Å². The lowest BCUT2D eigenvalue weighted by Crippen LogP contribution is -2.44. The van der Waals surface area contributed by atoms with Crippen LogP contribution in [0.4, 0.5) is 5.69 Å². The van der Waals surface area contributed by atoms with Crippen molar-refractivity contribution in [1.29, 1.82) is 0 Å². The number of thioether (sulfide) groups is 1. The molecule has 3 aromatic rings. The zero-order chi connectivity index (χ0) is 19.5. The van der Waals surface area contributed by atoms with Crippen molar-refractivity contribution >= 4 is 40.2 Å². The molecule has 0 radical (unpaired) electrons. The van der Waals surface area contributed by atoms with E-state index in [0.717, 1.165) is 22.3 Å². The Morgan fingerprint density at radius 2 is 2.04 bits per heavy atom. The predicted octanol–water partition coefficient (Wildman–Crippen LogP) is 3.72. The van der Waals surface area contributed by atoms with Gasteiger partial charge in [0.05, 0.1) is 12.5 Å². The topological polar surface area (TPSA) is 74.4 Å². The quantitative estimate of drug-likeness (QED) is 0.690. The Morgan fingerprint density at radius 3 is 2.82 bits per heavy atom. The number of hydrogen-bond donors (Lipinski definition) is 2. The summed E-state index contributed by atoms with van der Waals surface area (Å²) in [6.45, 7) is 2.49. The highest BCUT2D eigenvalue weighted by Gasteiger charge is 2.35. The van der Waals surface area contributed by atoms with Gasteiger partial charge in [0.1, 0.15) is 11.8 Å². The van der Waals surface area contributed by atoms with E-state index < -0.39 is 6.04 Å². The summed E-state index contributed by atoms with van der Waals surface area (Å²) in [7, 11) is 0. The van der Waals surface area contributed by atoms with Crippen molar-refractivity contribution in [2.45, 2.75) is 13.0 Å². The Bertz CT molecular complexity index is 1000. The lowest BCUT2D eigenvalue weighted by atomic mass is 10.1. The standard InChI is InChI=1S/C21H21N3O3S/c1-2-27-17-6-3-14(4-7-17)21(26)24-13-28-12-19(24)20(25)23-16-5-8-18-15(11-16)9-10-22-18/h3-11,19,22H,2,12-13H2,1H3,(H,23,25)/t19-/m0/s1. The van der Waals surface area contributed by atoms with Crippen LogP contribution in [0.1, 0.15) is 17.3 Å². The molecular formula is C21H21N3O3S. The second-order valence-corrected chi connectivity index (χ2v) is 7.52. The molecule has 2 N–H and O–H groups in total. The van der Waals surface area contributed by atoms with Gasteiger partial charge in [-0.2, -0.15) is 0 Å². The van der Waals surface area contributed by atoms with Gasteiger partial charge >= 0.3 is 0 Å². The first-order chi connectivity index (χ1) is 13.7. The molecule has 2 aromatic carbocycles. The van der Waals surface area contributed by atoms with Crippen molar-refractivity contribution in [3.63, 3.8) is 0 Å². The molecular weight excluding hydrogens is 374 g/mol. The summed E-state index contributed by atoms with van der Waals surface area (Å²) in [4.78, 5) is 30.5. The predicted molar refractivity (Wildman–Crippen MR) is 112 cm³/mol. The number of H-pyrrole nitrogens is 1. The van der Waals surface area contributed by atoms with Gasteiger partial charge in [-0.15, -0.1) is 11.8 Å². The molecule has 2 heterocycles. The van der Waals surface area contributed by atoms with Crippen molar-refractivity contribution < 1.29 is 14.3 Å². The lowest BCUT2D eigenvalue weighted by molar-refractivity contribution is -0.119. The maximum absolute atomic E-state index is 12.9. The van der Waals surface area contributed by atoms with Crippen molar-refractivity contribution in [2.24, 2.45) is 0 Å². The zero-order valence-electron chi connectivity index (χ0n) is 15.5. The molecule has 0 spiro atoms. The SMILES string of the molecule is CCOc1ccc(C(=O)N2CSC[C@H]2C(=O)Nc2ccc3[nH]ccc3c2)cc1. The van der Waals surface area contributed by atoms with E-state index in [-0.39, 0.29) is 11.8 Å². The van der Waals surface area contributed by atoms with Crippen LogP contribution in [0.25, 0.3) is 10.9 Å². The van der Waals surface area contributed by atoms with Crippen molar-refractivity contribution in [3.05, 3.63) is 60.3 Å². The van der Waals surface area contributed by atoms with Crippen LogP contribution in [-0.4, -0.2) is 46.0 Å². The molecule has 144 valence electrons. The fourth-order valence-corrected chi connectivity index (χ4v) is 4.40. The van der Waals surface area contributed by atoms with Crippen molar-refractivity contribution in [3.8, 4) is 5.75 Å². The Morgan fingerprint density at radius 1 is 1.21 bits per heavy atom. The molecule has 1 fully saturated rings. The highest BCUT2D eigenvalue weighted by molar-refractivity contribution is 7.99. The highest BCUT2D eigenvalue weighted by Crippen LogP contribution is 2.26. The molecule has 4 rings (SSSR count). The van der Waals surface area contributed by atoms with E-state index in [0.29, 0.717) is 23.8 Å². The minimum atomic E-state index is -0.494. The lowest BCUT2D eigenvalue weighted by Gasteiger charge is -2.23. The molecule has 0 bridgehead atoms. The van der Waals surface area contributed by atoms with E-state index in [1.807, 2.05) is 37.4 Å². The van der Waals surface area contributed by atoms with Crippen LogP contribution < -0.4 is 10.1 Å². The third kappa shape index (κ3) is 3.71. The summed E-state index contributed by atoms with van der Waals surface area (Å²) in [5.74, 6) is 1.50. The number of anilines is 1. The number of aromatic amines is 1. The van der Waals surface area contributed by atoms with Gasteiger partial charge in [0.25, 0.3) is 5.91 Å². The molecule has 1 aliphatic heterocycles.